The lowest BCUT2D eigenvalue weighted by molar-refractivity contribution is 0.301. The molecule has 0 bridgehead atoms. The third kappa shape index (κ3) is 6.88. The standard InChI is InChI=1S/C17H27FO3S/c1-3-4-5-6-7-8-9-16(18)13-15-12-14(2)10-11-17(15)22(19,20)21/h10-12,16H,3-9,13H2,1-2H3,(H,19,20,21). The zero-order valence-electron chi connectivity index (χ0n) is 13.5. The molecule has 0 aliphatic heterocycles. The lowest BCUT2D eigenvalue weighted by Gasteiger charge is -2.12. The summed E-state index contributed by atoms with van der Waals surface area (Å²) in [6.45, 7) is 3.98. The summed E-state index contributed by atoms with van der Waals surface area (Å²) in [6.07, 6.45) is 5.96. The molecule has 22 heavy (non-hydrogen) atoms. The van der Waals surface area contributed by atoms with Gasteiger partial charge in [0.25, 0.3) is 10.1 Å². The molecule has 1 atom stereocenters. The van der Waals surface area contributed by atoms with Gasteiger partial charge in [-0.2, -0.15) is 8.42 Å². The molecule has 0 heterocycles. The van der Waals surface area contributed by atoms with Crippen molar-refractivity contribution in [2.24, 2.45) is 0 Å². The van der Waals surface area contributed by atoms with E-state index in [1.807, 2.05) is 6.92 Å². The number of hydrogen-bond acceptors (Lipinski definition) is 2. The molecule has 126 valence electrons. The van der Waals surface area contributed by atoms with Gasteiger partial charge in [-0.25, -0.2) is 4.39 Å². The third-order valence-electron chi connectivity index (χ3n) is 3.81. The van der Waals surface area contributed by atoms with E-state index in [2.05, 4.69) is 6.92 Å². The molecule has 0 spiro atoms. The summed E-state index contributed by atoms with van der Waals surface area (Å²) in [5, 5.41) is 0. The Morgan fingerprint density at radius 2 is 1.77 bits per heavy atom. The first-order valence-electron chi connectivity index (χ1n) is 8.05. The smallest absolute Gasteiger partial charge is 0.282 e. The predicted octanol–water partition coefficient (Wildman–Crippen LogP) is 4.87. The van der Waals surface area contributed by atoms with Crippen molar-refractivity contribution < 1.29 is 17.4 Å². The van der Waals surface area contributed by atoms with E-state index in [9.17, 15) is 17.4 Å². The summed E-state index contributed by atoms with van der Waals surface area (Å²) in [6, 6.07) is 4.59. The summed E-state index contributed by atoms with van der Waals surface area (Å²) in [5.74, 6) is 0. The molecular formula is C17H27FO3S. The second kappa shape index (κ2) is 9.26. The van der Waals surface area contributed by atoms with E-state index in [1.54, 1.807) is 12.1 Å². The van der Waals surface area contributed by atoms with Crippen molar-refractivity contribution >= 4 is 10.1 Å². The monoisotopic (exact) mass is 330 g/mol. The van der Waals surface area contributed by atoms with Crippen molar-refractivity contribution in [2.45, 2.75) is 76.3 Å². The third-order valence-corrected chi connectivity index (χ3v) is 4.76. The maximum atomic E-state index is 14.1. The lowest BCUT2D eigenvalue weighted by atomic mass is 10.0. The van der Waals surface area contributed by atoms with Gasteiger partial charge in [0, 0.05) is 6.42 Å². The molecule has 0 aliphatic carbocycles. The molecule has 1 unspecified atom stereocenters. The van der Waals surface area contributed by atoms with Crippen LogP contribution in [0, 0.1) is 6.92 Å². The number of alkyl halides is 1. The average Bonchev–Trinajstić information content (AvgIpc) is 2.41. The van der Waals surface area contributed by atoms with E-state index in [4.69, 9.17) is 0 Å². The van der Waals surface area contributed by atoms with Crippen LogP contribution < -0.4 is 0 Å². The van der Waals surface area contributed by atoms with Gasteiger partial charge in [-0.3, -0.25) is 4.55 Å². The van der Waals surface area contributed by atoms with Crippen molar-refractivity contribution in [3.05, 3.63) is 29.3 Å². The highest BCUT2D eigenvalue weighted by Crippen LogP contribution is 2.22. The highest BCUT2D eigenvalue weighted by Gasteiger charge is 2.18. The molecule has 3 nitrogen and oxygen atoms in total. The first-order valence-corrected chi connectivity index (χ1v) is 9.49. The normalized spacial score (nSPS) is 13.3. The van der Waals surface area contributed by atoms with Crippen LogP contribution in [-0.4, -0.2) is 19.1 Å². The van der Waals surface area contributed by atoms with Crippen LogP contribution in [0.15, 0.2) is 23.1 Å². The summed E-state index contributed by atoms with van der Waals surface area (Å²) in [4.78, 5) is -0.177. The molecule has 0 radical (unpaired) electrons. The topological polar surface area (TPSA) is 54.4 Å². The van der Waals surface area contributed by atoms with E-state index < -0.39 is 16.3 Å². The quantitative estimate of drug-likeness (QED) is 0.492. The molecule has 1 N–H and O–H groups in total. The Labute approximate surface area is 133 Å². The Morgan fingerprint density at radius 1 is 1.14 bits per heavy atom. The van der Waals surface area contributed by atoms with E-state index in [0.717, 1.165) is 24.8 Å². The van der Waals surface area contributed by atoms with Gasteiger partial charge >= 0.3 is 0 Å². The van der Waals surface area contributed by atoms with Gasteiger partial charge in [-0.15, -0.1) is 0 Å². The van der Waals surface area contributed by atoms with Crippen molar-refractivity contribution in [1.82, 2.24) is 0 Å². The van der Waals surface area contributed by atoms with E-state index in [1.165, 1.54) is 25.3 Å². The minimum atomic E-state index is -4.30. The van der Waals surface area contributed by atoms with Gasteiger partial charge in [-0.05, 0) is 25.0 Å². The Bertz CT molecular complexity index is 555. The fourth-order valence-electron chi connectivity index (χ4n) is 2.61. The van der Waals surface area contributed by atoms with E-state index in [0.29, 0.717) is 12.0 Å². The maximum absolute atomic E-state index is 14.1. The lowest BCUT2D eigenvalue weighted by Crippen LogP contribution is -2.10. The largest absolute Gasteiger partial charge is 0.294 e. The van der Waals surface area contributed by atoms with Crippen LogP contribution in [0.1, 0.15) is 63.0 Å². The van der Waals surface area contributed by atoms with Crippen LogP contribution in [0.4, 0.5) is 4.39 Å². The molecular weight excluding hydrogens is 303 g/mol. The van der Waals surface area contributed by atoms with Gasteiger partial charge < -0.3 is 0 Å². The van der Waals surface area contributed by atoms with Gasteiger partial charge in [0.05, 0.1) is 4.90 Å². The summed E-state index contributed by atoms with van der Waals surface area (Å²) in [7, 11) is -4.30. The van der Waals surface area contributed by atoms with Gasteiger partial charge in [0.1, 0.15) is 6.17 Å². The summed E-state index contributed by atoms with van der Waals surface area (Å²) < 4.78 is 46.0. The predicted molar refractivity (Wildman–Crippen MR) is 87.6 cm³/mol. The van der Waals surface area contributed by atoms with E-state index in [-0.39, 0.29) is 11.3 Å². The molecule has 1 rings (SSSR count). The van der Waals surface area contributed by atoms with Crippen LogP contribution in [0.25, 0.3) is 0 Å². The molecule has 0 aliphatic rings. The van der Waals surface area contributed by atoms with Gasteiger partial charge in [0.15, 0.2) is 0 Å². The number of hydrogen-bond donors (Lipinski definition) is 1. The second-order valence-electron chi connectivity index (χ2n) is 5.94. The molecule has 1 aromatic carbocycles. The van der Waals surface area contributed by atoms with Crippen molar-refractivity contribution in [3.8, 4) is 0 Å². The number of halogens is 1. The van der Waals surface area contributed by atoms with Crippen LogP contribution in [0.3, 0.4) is 0 Å². The fraction of sp³-hybridized carbons (Fsp3) is 0.647. The minimum Gasteiger partial charge on any atom is -0.282 e. The first-order chi connectivity index (χ1) is 10.3. The first kappa shape index (κ1) is 19.1. The summed E-state index contributed by atoms with van der Waals surface area (Å²) >= 11 is 0. The van der Waals surface area contributed by atoms with Crippen LogP contribution in [0.5, 0.6) is 0 Å². The van der Waals surface area contributed by atoms with Gasteiger partial charge in [0.2, 0.25) is 0 Å². The molecule has 0 fully saturated rings. The summed E-state index contributed by atoms with van der Waals surface area (Å²) in [5.41, 5.74) is 1.22. The van der Waals surface area contributed by atoms with Gasteiger partial charge in [-0.1, -0.05) is 63.1 Å². The van der Waals surface area contributed by atoms with Crippen molar-refractivity contribution in [1.29, 1.82) is 0 Å². The van der Waals surface area contributed by atoms with Crippen molar-refractivity contribution in [2.75, 3.05) is 0 Å². The maximum Gasteiger partial charge on any atom is 0.294 e. The molecule has 0 saturated heterocycles. The highest BCUT2D eigenvalue weighted by molar-refractivity contribution is 7.85. The molecule has 1 aromatic rings. The molecule has 0 amide bonds. The average molecular weight is 330 g/mol. The zero-order chi connectivity index (χ0) is 16.6. The molecule has 0 aromatic heterocycles. The zero-order valence-corrected chi connectivity index (χ0v) is 14.3. The van der Waals surface area contributed by atoms with Crippen LogP contribution in [0.2, 0.25) is 0 Å². The molecule has 0 saturated carbocycles. The Morgan fingerprint density at radius 3 is 2.41 bits per heavy atom. The van der Waals surface area contributed by atoms with Crippen LogP contribution >= 0.6 is 0 Å². The minimum absolute atomic E-state index is 0.0335. The Kier molecular flexibility index (Phi) is 8.04. The fourth-order valence-corrected chi connectivity index (χ4v) is 3.32. The number of unbranched alkanes of at least 4 members (excludes halogenated alkanes) is 5. The number of rotatable bonds is 10. The van der Waals surface area contributed by atoms with E-state index >= 15 is 0 Å². The molecule has 5 heteroatoms. The number of benzene rings is 1. The SMILES string of the molecule is CCCCCCCCC(F)Cc1cc(C)ccc1S(=O)(=O)O. The highest BCUT2D eigenvalue weighted by atomic mass is 32.2. The Hall–Kier alpha value is -0.940. The second-order valence-corrected chi connectivity index (χ2v) is 7.33. The number of aryl methyl sites for hydroxylation is 1. The van der Waals surface area contributed by atoms with Crippen molar-refractivity contribution in [3.63, 3.8) is 0 Å². The van der Waals surface area contributed by atoms with Crippen LogP contribution in [-0.2, 0) is 16.5 Å². The Balaban J connectivity index is 2.54.